The molecule has 8 heteroatoms. The number of methoxy groups -OCH3 is 1. The third-order valence-electron chi connectivity index (χ3n) is 8.20. The van der Waals surface area contributed by atoms with Gasteiger partial charge in [0, 0.05) is 32.4 Å². The highest BCUT2D eigenvalue weighted by Gasteiger charge is 2.30. The molecule has 0 spiro atoms. The zero-order chi connectivity index (χ0) is 33.1. The highest BCUT2D eigenvalue weighted by atomic mass is 16.5. The molecular formula is C37H50N4O4. The molecule has 0 aromatic heterocycles. The van der Waals surface area contributed by atoms with E-state index in [4.69, 9.17) is 14.5 Å². The Morgan fingerprint density at radius 2 is 1.80 bits per heavy atom. The van der Waals surface area contributed by atoms with Gasteiger partial charge in [0.05, 0.1) is 36.2 Å². The number of fused-ring (bicyclic) bond motifs is 1. The maximum atomic E-state index is 13.9. The summed E-state index contributed by atoms with van der Waals surface area (Å²) in [5.74, 6) is 1.68. The van der Waals surface area contributed by atoms with Crippen molar-refractivity contribution in [1.82, 2.24) is 10.2 Å². The normalized spacial score (nSPS) is 19.5. The van der Waals surface area contributed by atoms with E-state index in [1.807, 2.05) is 70.1 Å². The number of nitrogens with one attached hydrogen (secondary N) is 1. The van der Waals surface area contributed by atoms with Crippen LogP contribution in [-0.2, 0) is 9.47 Å². The lowest BCUT2D eigenvalue weighted by atomic mass is 9.81. The Morgan fingerprint density at radius 1 is 1.11 bits per heavy atom. The molecule has 242 valence electrons. The Kier molecular flexibility index (Phi) is 12.6. The first-order valence-electron chi connectivity index (χ1n) is 15.6. The molecule has 2 aromatic carbocycles. The molecule has 2 atom stereocenters. The van der Waals surface area contributed by atoms with Gasteiger partial charge in [0.15, 0.2) is 0 Å². The van der Waals surface area contributed by atoms with Crippen LogP contribution in [0.3, 0.4) is 0 Å². The predicted molar refractivity (Wildman–Crippen MR) is 185 cm³/mol. The van der Waals surface area contributed by atoms with Gasteiger partial charge in [-0.15, -0.1) is 0 Å². The van der Waals surface area contributed by atoms with Gasteiger partial charge in [-0.05, 0) is 87.1 Å². The molecule has 0 saturated carbocycles. The minimum absolute atomic E-state index is 0.189. The smallest absolute Gasteiger partial charge is 0.337 e. The van der Waals surface area contributed by atoms with Crippen molar-refractivity contribution in [3.8, 4) is 0 Å². The van der Waals surface area contributed by atoms with Crippen LogP contribution in [0.5, 0.6) is 0 Å². The van der Waals surface area contributed by atoms with Crippen LogP contribution in [-0.4, -0.2) is 69.6 Å². The van der Waals surface area contributed by atoms with E-state index in [1.165, 1.54) is 12.7 Å². The summed E-state index contributed by atoms with van der Waals surface area (Å²) in [6.45, 7) is 11.6. The molecule has 8 nitrogen and oxygen atoms in total. The molecule has 2 unspecified atom stereocenters. The average Bonchev–Trinajstić information content (AvgIpc) is 3.01. The summed E-state index contributed by atoms with van der Waals surface area (Å²) in [6, 6.07) is 12.9. The largest absolute Gasteiger partial charge is 0.496 e. The second-order valence-electron chi connectivity index (χ2n) is 12.3. The molecule has 3 rings (SSSR count). The van der Waals surface area contributed by atoms with Gasteiger partial charge in [0.2, 0.25) is 0 Å². The summed E-state index contributed by atoms with van der Waals surface area (Å²) in [6.07, 6.45) is 12.3. The molecule has 0 radical (unpaired) electrons. The maximum absolute atomic E-state index is 13.9. The van der Waals surface area contributed by atoms with Gasteiger partial charge in [-0.25, -0.2) is 9.79 Å². The quantitative estimate of drug-likeness (QED) is 0.201. The van der Waals surface area contributed by atoms with E-state index in [1.54, 1.807) is 24.3 Å². The van der Waals surface area contributed by atoms with Crippen LogP contribution in [0.25, 0.3) is 0 Å². The summed E-state index contributed by atoms with van der Waals surface area (Å²) >= 11 is 0. The van der Waals surface area contributed by atoms with Gasteiger partial charge in [-0.3, -0.25) is 4.79 Å². The van der Waals surface area contributed by atoms with E-state index in [0.717, 1.165) is 24.3 Å². The van der Waals surface area contributed by atoms with Crippen LogP contribution < -0.4 is 10.2 Å². The molecular weight excluding hydrogens is 564 g/mol. The summed E-state index contributed by atoms with van der Waals surface area (Å²) < 4.78 is 10.8. The first-order valence-corrected chi connectivity index (χ1v) is 15.6. The fourth-order valence-corrected chi connectivity index (χ4v) is 5.47. The van der Waals surface area contributed by atoms with Gasteiger partial charge in [-0.2, -0.15) is 0 Å². The molecule has 1 amide bonds. The zero-order valence-electron chi connectivity index (χ0n) is 28.4. The lowest BCUT2D eigenvalue weighted by molar-refractivity contribution is 0.0600. The predicted octanol–water partition coefficient (Wildman–Crippen LogP) is 7.28. The molecule has 45 heavy (non-hydrogen) atoms. The Bertz CT molecular complexity index is 1440. The Morgan fingerprint density at radius 3 is 2.44 bits per heavy atom. The number of hydrogen-bond acceptors (Lipinski definition) is 6. The van der Waals surface area contributed by atoms with Gasteiger partial charge in [-0.1, -0.05) is 50.6 Å². The number of benzene rings is 2. The number of aliphatic imine (C=N–C) groups is 1. The summed E-state index contributed by atoms with van der Waals surface area (Å²) in [7, 11) is 7.21. The third-order valence-corrected chi connectivity index (χ3v) is 8.20. The van der Waals surface area contributed by atoms with Crippen LogP contribution in [0.2, 0.25) is 0 Å². The van der Waals surface area contributed by atoms with Crippen molar-refractivity contribution in [2.45, 2.75) is 58.9 Å². The number of carbonyl (C=O) groups is 2. The number of likely N-dealkylation sites (N-methyl/N-ethyl adjacent to an activating group) is 2. The third kappa shape index (κ3) is 9.58. The Balaban J connectivity index is 1.97. The van der Waals surface area contributed by atoms with E-state index in [2.05, 4.69) is 49.3 Å². The monoisotopic (exact) mass is 614 g/mol. The van der Waals surface area contributed by atoms with Crippen LogP contribution >= 0.6 is 0 Å². The van der Waals surface area contributed by atoms with Crippen molar-refractivity contribution in [2.24, 2.45) is 10.9 Å². The van der Waals surface area contributed by atoms with E-state index in [0.29, 0.717) is 47.6 Å². The Hall–Kier alpha value is -4.33. The first-order chi connectivity index (χ1) is 21.4. The van der Waals surface area contributed by atoms with Crippen molar-refractivity contribution in [1.29, 1.82) is 0 Å². The molecule has 0 bridgehead atoms. The van der Waals surface area contributed by atoms with E-state index in [9.17, 15) is 9.59 Å². The van der Waals surface area contributed by atoms with E-state index < -0.39 is 11.5 Å². The number of nitrogens with zero attached hydrogens (tertiary/aromatic N) is 3. The fraction of sp³-hybridized carbons (Fsp3) is 0.432. The van der Waals surface area contributed by atoms with Crippen LogP contribution in [0.1, 0.15) is 79.7 Å². The maximum Gasteiger partial charge on any atom is 0.337 e. The topological polar surface area (TPSA) is 83.5 Å². The second kappa shape index (κ2) is 16.1. The molecule has 0 fully saturated rings. The van der Waals surface area contributed by atoms with Gasteiger partial charge in [0.1, 0.15) is 12.4 Å². The zero-order valence-corrected chi connectivity index (χ0v) is 28.4. The summed E-state index contributed by atoms with van der Waals surface area (Å²) in [5.41, 5.74) is 3.14. The van der Waals surface area contributed by atoms with Gasteiger partial charge in [0.25, 0.3) is 5.91 Å². The number of allylic oxidation sites excluding steroid dienone is 6. The van der Waals surface area contributed by atoms with E-state index >= 15 is 0 Å². The molecule has 1 heterocycles. The van der Waals surface area contributed by atoms with Crippen LogP contribution in [0, 0.1) is 5.92 Å². The minimum atomic E-state index is -0.810. The molecule has 1 aliphatic rings. The summed E-state index contributed by atoms with van der Waals surface area (Å²) in [4.78, 5) is 34.6. The Labute approximate surface area is 269 Å². The fourth-order valence-electron chi connectivity index (χ4n) is 5.47. The van der Waals surface area contributed by atoms with E-state index in [-0.39, 0.29) is 5.91 Å². The second-order valence-corrected chi connectivity index (χ2v) is 12.3. The van der Waals surface area contributed by atoms with Crippen molar-refractivity contribution in [2.75, 3.05) is 46.3 Å². The lowest BCUT2D eigenvalue weighted by Crippen LogP contribution is -2.54. The van der Waals surface area contributed by atoms with Crippen molar-refractivity contribution in [3.05, 3.63) is 95.3 Å². The number of amidine groups is 1. The number of hydrogen-bond donors (Lipinski definition) is 1. The standard InChI is InChI=1S/C37H50N4O4/c1-10-26(2)31-16-14-12-11-13-15-27(3)45-24-23-41(8)33-25-29(19-22-32(31)33)34(42)39-37(4,5)36(40(6)7)38-30-20-17-28(18-21-30)35(43)44-9/h11-15,17-22,25-26,31H,10,16,23-24H2,1-9H3,(H,39,42)/b13-11-,14-12+,27-15+,38-36?. The average molecular weight is 615 g/mol. The van der Waals surface area contributed by atoms with Crippen molar-refractivity contribution >= 4 is 29.1 Å². The number of esters is 1. The number of rotatable bonds is 7. The van der Waals surface area contributed by atoms with Gasteiger partial charge < -0.3 is 24.6 Å². The highest BCUT2D eigenvalue weighted by Crippen LogP contribution is 2.37. The van der Waals surface area contributed by atoms with Crippen molar-refractivity contribution in [3.63, 3.8) is 0 Å². The van der Waals surface area contributed by atoms with Crippen LogP contribution in [0.4, 0.5) is 11.4 Å². The molecule has 2 aromatic rings. The number of ether oxygens (including phenoxy) is 2. The SMILES string of the molecule is CCC(C)C1C/C=C/C=C\C=C(/C)OCCN(C)c2cc(C(=O)NC(C)(C)C(=Nc3ccc(C(=O)OC)cc3)N(C)C)ccc21. The molecule has 1 N–H and O–H groups in total. The number of anilines is 1. The lowest BCUT2D eigenvalue weighted by Gasteiger charge is -2.33. The molecule has 0 saturated heterocycles. The molecule has 1 aliphatic heterocycles. The van der Waals surface area contributed by atoms with Gasteiger partial charge >= 0.3 is 5.97 Å². The van der Waals surface area contributed by atoms with Crippen LogP contribution in [0.15, 0.2) is 83.6 Å². The van der Waals surface area contributed by atoms with Crippen molar-refractivity contribution < 1.29 is 19.1 Å². The number of carbonyl (C=O) groups excluding carboxylic acids is 2. The summed E-state index contributed by atoms with van der Waals surface area (Å²) in [5, 5.41) is 3.21. The first kappa shape index (κ1) is 35.2. The molecule has 0 aliphatic carbocycles. The minimum Gasteiger partial charge on any atom is -0.496 e. The number of amides is 1. The highest BCUT2D eigenvalue weighted by molar-refractivity contribution is 6.01.